The van der Waals surface area contributed by atoms with Crippen LogP contribution in [0.15, 0.2) is 54.6 Å². The molecular weight excluding hydrogens is 326 g/mol. The van der Waals surface area contributed by atoms with Crippen molar-refractivity contribution in [3.8, 4) is 5.75 Å². The minimum absolute atomic E-state index is 0.0987. The molecule has 2 aromatic carbocycles. The van der Waals surface area contributed by atoms with Gasteiger partial charge in [-0.25, -0.2) is 0 Å². The highest BCUT2D eigenvalue weighted by Gasteiger charge is 2.35. The fourth-order valence-electron chi connectivity index (χ4n) is 3.54. The molecule has 2 aliphatic heterocycles. The Morgan fingerprint density at radius 1 is 1.04 bits per heavy atom. The number of ether oxygens (including phenoxy) is 1. The third-order valence-corrected chi connectivity index (χ3v) is 5.15. The van der Waals surface area contributed by atoms with Gasteiger partial charge in [0.05, 0.1) is 0 Å². The molecule has 5 heteroatoms. The summed E-state index contributed by atoms with van der Waals surface area (Å²) < 4.78 is 5.84. The molecule has 2 aromatic rings. The van der Waals surface area contributed by atoms with E-state index in [-0.39, 0.29) is 5.91 Å². The van der Waals surface area contributed by atoms with Crippen LogP contribution in [0.1, 0.15) is 15.9 Å². The van der Waals surface area contributed by atoms with Gasteiger partial charge in [0.2, 0.25) is 0 Å². The van der Waals surface area contributed by atoms with Crippen LogP contribution in [0.2, 0.25) is 0 Å². The van der Waals surface area contributed by atoms with Crippen molar-refractivity contribution in [2.75, 3.05) is 39.3 Å². The lowest BCUT2D eigenvalue weighted by atomic mass is 10.0. The molecule has 2 saturated heterocycles. The number of carbonyl (C=O) groups excluding carboxylic acids is 1. The van der Waals surface area contributed by atoms with Crippen LogP contribution in [0.5, 0.6) is 5.75 Å². The zero-order chi connectivity index (χ0) is 17.8. The zero-order valence-electron chi connectivity index (χ0n) is 14.9. The van der Waals surface area contributed by atoms with Gasteiger partial charge in [-0.1, -0.05) is 36.4 Å². The van der Waals surface area contributed by atoms with Crippen LogP contribution in [-0.4, -0.2) is 61.0 Å². The summed E-state index contributed by atoms with van der Waals surface area (Å²) in [5.41, 5.74) is 1.82. The van der Waals surface area contributed by atoms with Crippen LogP contribution in [0, 0.1) is 0 Å². The summed E-state index contributed by atoms with van der Waals surface area (Å²) >= 11 is 0. The molecule has 0 aromatic heterocycles. The largest absolute Gasteiger partial charge is 0.489 e. The molecule has 2 heterocycles. The van der Waals surface area contributed by atoms with E-state index in [1.165, 1.54) is 0 Å². The molecular formula is C21H25N3O2. The molecule has 0 aliphatic carbocycles. The van der Waals surface area contributed by atoms with Gasteiger partial charge >= 0.3 is 0 Å². The van der Waals surface area contributed by atoms with E-state index in [2.05, 4.69) is 10.2 Å². The van der Waals surface area contributed by atoms with Crippen molar-refractivity contribution >= 4 is 5.91 Å². The predicted molar refractivity (Wildman–Crippen MR) is 101 cm³/mol. The van der Waals surface area contributed by atoms with E-state index >= 15 is 0 Å². The summed E-state index contributed by atoms with van der Waals surface area (Å²) in [6, 6.07) is 18.1. The van der Waals surface area contributed by atoms with E-state index in [9.17, 15) is 4.79 Å². The van der Waals surface area contributed by atoms with Gasteiger partial charge in [-0.05, 0) is 23.8 Å². The van der Waals surface area contributed by atoms with E-state index in [1.807, 2.05) is 59.5 Å². The van der Waals surface area contributed by atoms with Gasteiger partial charge in [0, 0.05) is 50.9 Å². The SMILES string of the molecule is O=C(c1cccc(OCc2ccccc2)c1)N1CC(N2CCNCC2)C1. The van der Waals surface area contributed by atoms with Crippen LogP contribution in [0.25, 0.3) is 0 Å². The Balaban J connectivity index is 1.32. The van der Waals surface area contributed by atoms with E-state index in [1.54, 1.807) is 0 Å². The maximum absolute atomic E-state index is 12.7. The second-order valence-corrected chi connectivity index (χ2v) is 6.95. The number of benzene rings is 2. The minimum Gasteiger partial charge on any atom is -0.489 e. The molecule has 5 nitrogen and oxygen atoms in total. The second-order valence-electron chi connectivity index (χ2n) is 6.95. The average molecular weight is 351 g/mol. The predicted octanol–water partition coefficient (Wildman–Crippen LogP) is 2.00. The molecule has 0 radical (unpaired) electrons. The molecule has 26 heavy (non-hydrogen) atoms. The van der Waals surface area contributed by atoms with Crippen molar-refractivity contribution in [3.05, 3.63) is 65.7 Å². The fourth-order valence-corrected chi connectivity index (χ4v) is 3.54. The van der Waals surface area contributed by atoms with Crippen LogP contribution in [0.3, 0.4) is 0 Å². The lowest BCUT2D eigenvalue weighted by Gasteiger charge is -2.46. The number of likely N-dealkylation sites (tertiary alicyclic amines) is 1. The number of nitrogens with zero attached hydrogens (tertiary/aromatic N) is 2. The zero-order valence-corrected chi connectivity index (χ0v) is 14.9. The number of hydrogen-bond acceptors (Lipinski definition) is 4. The molecule has 0 spiro atoms. The molecule has 0 saturated carbocycles. The summed E-state index contributed by atoms with van der Waals surface area (Å²) in [6.45, 7) is 6.41. The molecule has 0 atom stereocenters. The Kier molecular flexibility index (Phi) is 5.18. The monoisotopic (exact) mass is 351 g/mol. The normalized spacial score (nSPS) is 18.4. The fraction of sp³-hybridized carbons (Fsp3) is 0.381. The maximum atomic E-state index is 12.7. The van der Waals surface area contributed by atoms with E-state index in [4.69, 9.17) is 4.74 Å². The van der Waals surface area contributed by atoms with Crippen molar-refractivity contribution in [1.82, 2.24) is 15.1 Å². The first kappa shape index (κ1) is 17.1. The first-order chi connectivity index (χ1) is 12.8. The van der Waals surface area contributed by atoms with E-state index in [0.717, 1.165) is 50.6 Å². The molecule has 136 valence electrons. The summed E-state index contributed by atoms with van der Waals surface area (Å²) in [7, 11) is 0. The number of piperazine rings is 1. The van der Waals surface area contributed by atoms with Gasteiger partial charge in [-0.15, -0.1) is 0 Å². The Hall–Kier alpha value is -2.37. The Morgan fingerprint density at radius 2 is 1.81 bits per heavy atom. The van der Waals surface area contributed by atoms with Gasteiger partial charge < -0.3 is 15.0 Å². The standard InChI is InChI=1S/C21H25N3O2/c25-21(24-14-19(15-24)23-11-9-22-10-12-23)18-7-4-8-20(13-18)26-16-17-5-2-1-3-6-17/h1-8,13,19,22H,9-12,14-16H2. The second kappa shape index (κ2) is 7.89. The minimum atomic E-state index is 0.0987. The molecule has 1 N–H and O–H groups in total. The highest BCUT2D eigenvalue weighted by Crippen LogP contribution is 2.21. The van der Waals surface area contributed by atoms with E-state index < -0.39 is 0 Å². The number of amides is 1. The Labute approximate surface area is 154 Å². The van der Waals surface area contributed by atoms with Gasteiger partial charge in [0.15, 0.2) is 0 Å². The number of nitrogens with one attached hydrogen (secondary N) is 1. The van der Waals surface area contributed by atoms with Crippen LogP contribution in [0.4, 0.5) is 0 Å². The van der Waals surface area contributed by atoms with Crippen molar-refractivity contribution in [2.24, 2.45) is 0 Å². The van der Waals surface area contributed by atoms with Crippen molar-refractivity contribution in [2.45, 2.75) is 12.6 Å². The maximum Gasteiger partial charge on any atom is 0.254 e. The Bertz CT molecular complexity index is 738. The van der Waals surface area contributed by atoms with Crippen LogP contribution >= 0.6 is 0 Å². The smallest absolute Gasteiger partial charge is 0.254 e. The quantitative estimate of drug-likeness (QED) is 0.895. The molecule has 1 amide bonds. The van der Waals surface area contributed by atoms with Crippen molar-refractivity contribution in [1.29, 1.82) is 0 Å². The summed E-state index contributed by atoms with van der Waals surface area (Å²) in [4.78, 5) is 17.1. The third kappa shape index (κ3) is 3.89. The highest BCUT2D eigenvalue weighted by molar-refractivity contribution is 5.95. The number of carbonyl (C=O) groups is 1. The van der Waals surface area contributed by atoms with Gasteiger partial charge in [0.25, 0.3) is 5.91 Å². The molecule has 0 unspecified atom stereocenters. The van der Waals surface area contributed by atoms with Crippen molar-refractivity contribution in [3.63, 3.8) is 0 Å². The van der Waals surface area contributed by atoms with Gasteiger partial charge in [-0.2, -0.15) is 0 Å². The molecule has 0 bridgehead atoms. The summed E-state index contributed by atoms with van der Waals surface area (Å²) in [5, 5.41) is 3.37. The van der Waals surface area contributed by atoms with Crippen LogP contribution < -0.4 is 10.1 Å². The van der Waals surface area contributed by atoms with Gasteiger partial charge in [-0.3, -0.25) is 9.69 Å². The van der Waals surface area contributed by atoms with E-state index in [0.29, 0.717) is 18.2 Å². The number of hydrogen-bond donors (Lipinski definition) is 1. The lowest BCUT2D eigenvalue weighted by Crippen LogP contribution is -2.63. The highest BCUT2D eigenvalue weighted by atomic mass is 16.5. The summed E-state index contributed by atoms with van der Waals surface area (Å²) in [6.07, 6.45) is 0. The summed E-state index contributed by atoms with van der Waals surface area (Å²) in [5.74, 6) is 0.834. The van der Waals surface area contributed by atoms with Gasteiger partial charge in [0.1, 0.15) is 12.4 Å². The number of rotatable bonds is 5. The molecule has 4 rings (SSSR count). The topological polar surface area (TPSA) is 44.8 Å². The lowest BCUT2D eigenvalue weighted by molar-refractivity contribution is 0.0227. The first-order valence-electron chi connectivity index (χ1n) is 9.30. The molecule has 2 aliphatic rings. The first-order valence-corrected chi connectivity index (χ1v) is 9.30. The van der Waals surface area contributed by atoms with Crippen LogP contribution in [-0.2, 0) is 6.61 Å². The molecule has 2 fully saturated rings. The Morgan fingerprint density at radius 3 is 2.58 bits per heavy atom. The average Bonchev–Trinajstić information content (AvgIpc) is 2.67. The third-order valence-electron chi connectivity index (χ3n) is 5.15. The van der Waals surface area contributed by atoms with Crippen molar-refractivity contribution < 1.29 is 9.53 Å².